The van der Waals surface area contributed by atoms with Gasteiger partial charge in [0, 0.05) is 26.2 Å². The quantitative estimate of drug-likeness (QED) is 0.692. The minimum absolute atomic E-state index is 0.125. The molecule has 22 heavy (non-hydrogen) atoms. The van der Waals surface area contributed by atoms with E-state index in [1.807, 2.05) is 13.0 Å². The second-order valence-electron chi connectivity index (χ2n) is 4.88. The number of rotatable bonds is 6. The van der Waals surface area contributed by atoms with Crippen LogP contribution in [0.3, 0.4) is 0 Å². The lowest BCUT2D eigenvalue weighted by atomic mass is 10.3. The van der Waals surface area contributed by atoms with Crippen LogP contribution in [0.25, 0.3) is 0 Å². The molecule has 0 unspecified atom stereocenters. The molecule has 0 aromatic carbocycles. The molecule has 0 radical (unpaired) electrons. The molecule has 0 aliphatic rings. The van der Waals surface area contributed by atoms with Crippen molar-refractivity contribution in [3.63, 3.8) is 0 Å². The summed E-state index contributed by atoms with van der Waals surface area (Å²) in [6, 6.07) is 3.07. The predicted molar refractivity (Wildman–Crippen MR) is 82.3 cm³/mol. The van der Waals surface area contributed by atoms with Crippen LogP contribution in [0.4, 0.5) is 10.6 Å². The van der Waals surface area contributed by atoms with E-state index in [9.17, 15) is 14.4 Å². The van der Waals surface area contributed by atoms with Gasteiger partial charge in [0.2, 0.25) is 11.8 Å². The molecule has 0 fully saturated rings. The molecule has 3 N–H and O–H groups in total. The summed E-state index contributed by atoms with van der Waals surface area (Å²) in [5, 5.41) is 7.14. The van der Waals surface area contributed by atoms with E-state index in [2.05, 4.69) is 20.9 Å². The third-order valence-electron chi connectivity index (χ3n) is 2.80. The number of nitrogens with zero attached hydrogens (tertiary/aromatic N) is 2. The fourth-order valence-corrected chi connectivity index (χ4v) is 1.66. The van der Waals surface area contributed by atoms with Gasteiger partial charge in [-0.3, -0.25) is 19.8 Å². The van der Waals surface area contributed by atoms with Crippen molar-refractivity contribution < 1.29 is 14.4 Å². The molecule has 4 amide bonds. The minimum atomic E-state index is -0.545. The smallest absolute Gasteiger partial charge is 0.321 e. The third-order valence-corrected chi connectivity index (χ3v) is 2.80. The van der Waals surface area contributed by atoms with Crippen molar-refractivity contribution >= 4 is 23.7 Å². The maximum Gasteiger partial charge on any atom is 0.321 e. The van der Waals surface area contributed by atoms with Gasteiger partial charge in [0.25, 0.3) is 0 Å². The largest absolute Gasteiger partial charge is 0.341 e. The van der Waals surface area contributed by atoms with Crippen LogP contribution in [0.5, 0.6) is 0 Å². The topological polar surface area (TPSA) is 103 Å². The van der Waals surface area contributed by atoms with Crippen molar-refractivity contribution in [1.29, 1.82) is 0 Å². The number of nitrogens with one attached hydrogen (secondary N) is 3. The molecule has 0 aliphatic carbocycles. The Balaban J connectivity index is 2.32. The molecule has 0 aliphatic heterocycles. The molecule has 120 valence electrons. The molecule has 0 saturated heterocycles. The van der Waals surface area contributed by atoms with Crippen LogP contribution >= 0.6 is 0 Å². The predicted octanol–water partition coefficient (Wildman–Crippen LogP) is 0.106. The maximum absolute atomic E-state index is 11.8. The molecule has 0 atom stereocenters. The van der Waals surface area contributed by atoms with Gasteiger partial charge < -0.3 is 10.6 Å². The van der Waals surface area contributed by atoms with Crippen molar-refractivity contribution in [3.8, 4) is 0 Å². The van der Waals surface area contributed by atoms with Crippen LogP contribution in [0, 0.1) is 6.92 Å². The zero-order valence-corrected chi connectivity index (χ0v) is 13.0. The fraction of sp³-hybridized carbons (Fsp3) is 0.429. The number of aryl methyl sites for hydroxylation is 1. The Labute approximate surface area is 129 Å². The van der Waals surface area contributed by atoms with Gasteiger partial charge in [-0.2, -0.15) is 0 Å². The van der Waals surface area contributed by atoms with Crippen LogP contribution in [-0.2, 0) is 9.59 Å². The highest BCUT2D eigenvalue weighted by atomic mass is 16.2. The molecule has 8 heteroatoms. The Morgan fingerprint density at radius 3 is 2.64 bits per heavy atom. The molecule has 8 nitrogen and oxygen atoms in total. The van der Waals surface area contributed by atoms with Gasteiger partial charge in [-0.25, -0.2) is 9.78 Å². The van der Waals surface area contributed by atoms with E-state index in [0.29, 0.717) is 12.4 Å². The van der Waals surface area contributed by atoms with Gasteiger partial charge in [0.1, 0.15) is 5.82 Å². The summed E-state index contributed by atoms with van der Waals surface area (Å²) in [4.78, 5) is 39.9. The van der Waals surface area contributed by atoms with Gasteiger partial charge >= 0.3 is 6.03 Å². The number of imide groups is 1. The summed E-state index contributed by atoms with van der Waals surface area (Å²) in [5.41, 5.74) is 1.00. The first-order chi connectivity index (χ1) is 10.4. The number of likely N-dealkylation sites (N-methyl/N-ethyl adjacent to an activating group) is 1. The average Bonchev–Trinajstić information content (AvgIpc) is 2.44. The van der Waals surface area contributed by atoms with Crippen LogP contribution in [-0.4, -0.2) is 54.9 Å². The van der Waals surface area contributed by atoms with Gasteiger partial charge in [-0.1, -0.05) is 0 Å². The standard InChI is InChI=1S/C14H21N5O3/c1-10-4-6-16-11(8-10)17-13(21)9-19(3)7-5-12(20)18-14(22)15-2/h4,6,8H,5,7,9H2,1-3H3,(H,16,17,21)(H2,15,18,20,22). The van der Waals surface area contributed by atoms with Gasteiger partial charge in [-0.15, -0.1) is 0 Å². The highest BCUT2D eigenvalue weighted by molar-refractivity contribution is 5.94. The van der Waals surface area contributed by atoms with Crippen molar-refractivity contribution in [2.24, 2.45) is 0 Å². The van der Waals surface area contributed by atoms with Crippen molar-refractivity contribution in [1.82, 2.24) is 20.5 Å². The summed E-state index contributed by atoms with van der Waals surface area (Å²) in [6.07, 6.45) is 1.75. The highest BCUT2D eigenvalue weighted by Crippen LogP contribution is 2.05. The van der Waals surface area contributed by atoms with E-state index in [4.69, 9.17) is 0 Å². The number of carbonyl (C=O) groups excluding carboxylic acids is 3. The van der Waals surface area contributed by atoms with Crippen LogP contribution < -0.4 is 16.0 Å². The Hall–Kier alpha value is -2.48. The number of amides is 4. The van der Waals surface area contributed by atoms with E-state index in [-0.39, 0.29) is 18.9 Å². The molecule has 1 rings (SSSR count). The second-order valence-corrected chi connectivity index (χ2v) is 4.88. The Morgan fingerprint density at radius 2 is 2.00 bits per heavy atom. The lowest BCUT2D eigenvalue weighted by Crippen LogP contribution is -2.39. The highest BCUT2D eigenvalue weighted by Gasteiger charge is 2.11. The summed E-state index contributed by atoms with van der Waals surface area (Å²) >= 11 is 0. The molecule has 0 spiro atoms. The average molecular weight is 307 g/mol. The molecule has 1 aromatic heterocycles. The number of aromatic nitrogens is 1. The summed E-state index contributed by atoms with van der Waals surface area (Å²) in [5.74, 6) is -0.116. The number of carbonyl (C=O) groups is 3. The molecule has 0 saturated carbocycles. The normalized spacial score (nSPS) is 10.2. The lowest BCUT2D eigenvalue weighted by Gasteiger charge is -2.15. The molecule has 1 heterocycles. The summed E-state index contributed by atoms with van der Waals surface area (Å²) < 4.78 is 0. The monoisotopic (exact) mass is 307 g/mol. The first-order valence-electron chi connectivity index (χ1n) is 6.83. The van der Waals surface area contributed by atoms with Crippen LogP contribution in [0.1, 0.15) is 12.0 Å². The zero-order valence-electron chi connectivity index (χ0n) is 13.0. The van der Waals surface area contributed by atoms with E-state index in [1.165, 1.54) is 7.05 Å². The van der Waals surface area contributed by atoms with Crippen LogP contribution in [0.15, 0.2) is 18.3 Å². The molecular formula is C14H21N5O3. The number of anilines is 1. The van der Waals surface area contributed by atoms with Crippen molar-refractivity contribution in [3.05, 3.63) is 23.9 Å². The minimum Gasteiger partial charge on any atom is -0.341 e. The second kappa shape index (κ2) is 8.73. The van der Waals surface area contributed by atoms with Gasteiger partial charge in [0.15, 0.2) is 0 Å². The zero-order chi connectivity index (χ0) is 16.5. The Morgan fingerprint density at radius 1 is 1.27 bits per heavy atom. The van der Waals surface area contributed by atoms with E-state index < -0.39 is 11.9 Å². The summed E-state index contributed by atoms with van der Waals surface area (Å²) in [7, 11) is 3.15. The van der Waals surface area contributed by atoms with E-state index >= 15 is 0 Å². The SMILES string of the molecule is CNC(=O)NC(=O)CCN(C)CC(=O)Nc1cc(C)ccn1. The van der Waals surface area contributed by atoms with E-state index in [0.717, 1.165) is 5.56 Å². The number of pyridine rings is 1. The molecule has 0 bridgehead atoms. The Kier molecular flexibility index (Phi) is 6.97. The Bertz CT molecular complexity index is 547. The first-order valence-corrected chi connectivity index (χ1v) is 6.83. The fourth-order valence-electron chi connectivity index (χ4n) is 1.66. The first kappa shape index (κ1) is 17.6. The van der Waals surface area contributed by atoms with Crippen LogP contribution in [0.2, 0.25) is 0 Å². The number of hydrogen-bond acceptors (Lipinski definition) is 5. The van der Waals surface area contributed by atoms with Crippen molar-refractivity contribution in [2.75, 3.05) is 32.5 Å². The molecule has 1 aromatic rings. The number of hydrogen-bond donors (Lipinski definition) is 3. The maximum atomic E-state index is 11.8. The third kappa shape index (κ3) is 6.80. The van der Waals surface area contributed by atoms with Crippen molar-refractivity contribution in [2.45, 2.75) is 13.3 Å². The molecular weight excluding hydrogens is 286 g/mol. The lowest BCUT2D eigenvalue weighted by molar-refractivity contribution is -0.121. The summed E-state index contributed by atoms with van der Waals surface area (Å²) in [6.45, 7) is 2.40. The van der Waals surface area contributed by atoms with Gasteiger partial charge in [-0.05, 0) is 31.7 Å². The number of urea groups is 1. The van der Waals surface area contributed by atoms with E-state index in [1.54, 1.807) is 24.2 Å². The van der Waals surface area contributed by atoms with Gasteiger partial charge in [0.05, 0.1) is 6.54 Å².